The van der Waals surface area contributed by atoms with E-state index < -0.39 is 11.7 Å². The fourth-order valence-electron chi connectivity index (χ4n) is 1.50. The summed E-state index contributed by atoms with van der Waals surface area (Å²) in [7, 11) is 0. The molecule has 0 aliphatic carbocycles. The Bertz CT molecular complexity index is 616. The molecule has 0 atom stereocenters. The van der Waals surface area contributed by atoms with Crippen LogP contribution in [0.1, 0.15) is 20.8 Å². The zero-order valence-electron chi connectivity index (χ0n) is 10.2. The van der Waals surface area contributed by atoms with Crippen LogP contribution < -0.4 is 0 Å². The second-order valence-electron chi connectivity index (χ2n) is 4.84. The lowest BCUT2D eigenvalue weighted by atomic mass is 10.2. The van der Waals surface area contributed by atoms with E-state index in [1.54, 1.807) is 27.0 Å². The molecule has 0 unspecified atom stereocenters. The quantitative estimate of drug-likeness (QED) is 0.725. The van der Waals surface area contributed by atoms with Crippen molar-refractivity contribution in [3.8, 4) is 0 Å². The third kappa shape index (κ3) is 2.52. The van der Waals surface area contributed by atoms with Crippen LogP contribution in [0.2, 0.25) is 5.02 Å². The van der Waals surface area contributed by atoms with Crippen LogP contribution >= 0.6 is 27.5 Å². The summed E-state index contributed by atoms with van der Waals surface area (Å²) in [5, 5.41) is 5.24. The number of hydrogen-bond acceptors (Lipinski definition) is 3. The van der Waals surface area contributed by atoms with Crippen LogP contribution in [-0.4, -0.2) is 21.5 Å². The number of carbonyl (C=O) groups excluding carboxylic acids is 1. The summed E-state index contributed by atoms with van der Waals surface area (Å²) in [6.45, 7) is 5.40. The topological polar surface area (TPSA) is 44.1 Å². The molecule has 1 aromatic carbocycles. The van der Waals surface area contributed by atoms with Gasteiger partial charge in [0.1, 0.15) is 11.1 Å². The molecule has 96 valence electrons. The molecule has 1 heterocycles. The van der Waals surface area contributed by atoms with E-state index >= 15 is 0 Å². The molecule has 0 spiro atoms. The van der Waals surface area contributed by atoms with Crippen molar-refractivity contribution >= 4 is 44.5 Å². The van der Waals surface area contributed by atoms with Crippen LogP contribution in [0.3, 0.4) is 0 Å². The first-order valence-electron chi connectivity index (χ1n) is 5.35. The molecule has 0 radical (unpaired) electrons. The first kappa shape index (κ1) is 13.4. The van der Waals surface area contributed by atoms with Gasteiger partial charge in [0.2, 0.25) is 0 Å². The third-order valence-electron chi connectivity index (χ3n) is 2.19. The SMILES string of the molecule is CC(C)(C)OC(=O)n1ncc2ccc(Br)c(Cl)c21. The molecule has 1 aromatic heterocycles. The summed E-state index contributed by atoms with van der Waals surface area (Å²) in [5.41, 5.74) is -0.0336. The lowest BCUT2D eigenvalue weighted by molar-refractivity contribution is 0.0523. The highest BCUT2D eigenvalue weighted by Crippen LogP contribution is 2.31. The minimum atomic E-state index is -0.576. The molecule has 2 rings (SSSR count). The van der Waals surface area contributed by atoms with Crippen molar-refractivity contribution in [1.29, 1.82) is 0 Å². The Morgan fingerprint density at radius 2 is 2.11 bits per heavy atom. The van der Waals surface area contributed by atoms with Gasteiger partial charge >= 0.3 is 6.09 Å². The average Bonchev–Trinajstić information content (AvgIpc) is 2.65. The van der Waals surface area contributed by atoms with E-state index in [4.69, 9.17) is 16.3 Å². The second-order valence-corrected chi connectivity index (χ2v) is 6.07. The minimum Gasteiger partial charge on any atom is -0.442 e. The average molecular weight is 332 g/mol. The van der Waals surface area contributed by atoms with E-state index in [0.29, 0.717) is 15.0 Å². The van der Waals surface area contributed by atoms with Crippen LogP contribution in [0.15, 0.2) is 22.8 Å². The number of fused-ring (bicyclic) bond motifs is 1. The van der Waals surface area contributed by atoms with Gasteiger partial charge in [-0.1, -0.05) is 11.6 Å². The second kappa shape index (κ2) is 4.55. The van der Waals surface area contributed by atoms with E-state index in [-0.39, 0.29) is 0 Å². The fourth-order valence-corrected chi connectivity index (χ4v) is 2.07. The molecule has 2 aromatic rings. The summed E-state index contributed by atoms with van der Waals surface area (Å²) in [6, 6.07) is 3.64. The molecule has 0 N–H and O–H groups in total. The van der Waals surface area contributed by atoms with Gasteiger partial charge in [0.05, 0.1) is 11.2 Å². The molecule has 18 heavy (non-hydrogen) atoms. The molecule has 0 amide bonds. The van der Waals surface area contributed by atoms with Crippen molar-refractivity contribution in [2.75, 3.05) is 0 Å². The monoisotopic (exact) mass is 330 g/mol. The van der Waals surface area contributed by atoms with Gasteiger partial charge in [0.25, 0.3) is 0 Å². The van der Waals surface area contributed by atoms with Crippen LogP contribution in [0.25, 0.3) is 10.9 Å². The van der Waals surface area contributed by atoms with Gasteiger partial charge in [0.15, 0.2) is 0 Å². The van der Waals surface area contributed by atoms with Crippen molar-refractivity contribution in [3.63, 3.8) is 0 Å². The Balaban J connectivity index is 2.52. The lowest BCUT2D eigenvalue weighted by Gasteiger charge is -2.19. The summed E-state index contributed by atoms with van der Waals surface area (Å²) in [6.07, 6.45) is 1.04. The van der Waals surface area contributed by atoms with Crippen LogP contribution in [0.5, 0.6) is 0 Å². The van der Waals surface area contributed by atoms with Crippen LogP contribution in [0.4, 0.5) is 4.79 Å². The predicted octanol–water partition coefficient (Wildman–Crippen LogP) is 4.24. The third-order valence-corrected chi connectivity index (χ3v) is 3.46. The fraction of sp³-hybridized carbons (Fsp3) is 0.333. The molecule has 0 bridgehead atoms. The molecular formula is C12H12BrClN2O2. The molecule has 0 saturated carbocycles. The lowest BCUT2D eigenvalue weighted by Crippen LogP contribution is -2.27. The highest BCUT2D eigenvalue weighted by Gasteiger charge is 2.21. The zero-order valence-corrected chi connectivity index (χ0v) is 12.5. The maximum Gasteiger partial charge on any atom is 0.435 e. The highest BCUT2D eigenvalue weighted by atomic mass is 79.9. The van der Waals surface area contributed by atoms with Crippen molar-refractivity contribution in [2.24, 2.45) is 0 Å². The molecule has 0 saturated heterocycles. The number of nitrogens with zero attached hydrogens (tertiary/aromatic N) is 2. The first-order valence-corrected chi connectivity index (χ1v) is 6.52. The van der Waals surface area contributed by atoms with Gasteiger partial charge in [-0.2, -0.15) is 9.78 Å². The number of benzene rings is 1. The Hall–Kier alpha value is -1.07. The highest BCUT2D eigenvalue weighted by molar-refractivity contribution is 9.10. The van der Waals surface area contributed by atoms with Gasteiger partial charge in [-0.3, -0.25) is 0 Å². The Morgan fingerprint density at radius 1 is 1.44 bits per heavy atom. The number of ether oxygens (including phenoxy) is 1. The first-order chi connectivity index (χ1) is 8.29. The largest absolute Gasteiger partial charge is 0.442 e. The van der Waals surface area contributed by atoms with Crippen molar-refractivity contribution in [1.82, 2.24) is 9.78 Å². The Kier molecular flexibility index (Phi) is 3.38. The normalized spacial score (nSPS) is 11.8. The van der Waals surface area contributed by atoms with Crippen LogP contribution in [0, 0.1) is 0 Å². The van der Waals surface area contributed by atoms with Crippen molar-refractivity contribution in [2.45, 2.75) is 26.4 Å². The molecule has 0 fully saturated rings. The van der Waals surface area contributed by atoms with Gasteiger partial charge in [0, 0.05) is 9.86 Å². The Labute approximate surface area is 118 Å². The number of rotatable bonds is 0. The number of halogens is 2. The summed E-state index contributed by atoms with van der Waals surface area (Å²) >= 11 is 9.49. The molecule has 0 aliphatic heterocycles. The summed E-state index contributed by atoms with van der Waals surface area (Å²) < 4.78 is 7.16. The van der Waals surface area contributed by atoms with E-state index in [1.807, 2.05) is 12.1 Å². The molecule has 0 aliphatic rings. The van der Waals surface area contributed by atoms with Gasteiger partial charge in [-0.15, -0.1) is 0 Å². The van der Waals surface area contributed by atoms with Gasteiger partial charge < -0.3 is 4.74 Å². The maximum absolute atomic E-state index is 12.0. The molecular weight excluding hydrogens is 320 g/mol. The van der Waals surface area contributed by atoms with Crippen LogP contribution in [-0.2, 0) is 4.74 Å². The Morgan fingerprint density at radius 3 is 2.72 bits per heavy atom. The van der Waals surface area contributed by atoms with Gasteiger partial charge in [-0.05, 0) is 48.8 Å². The zero-order chi connectivity index (χ0) is 13.5. The molecule has 4 nitrogen and oxygen atoms in total. The maximum atomic E-state index is 12.0. The van der Waals surface area contributed by atoms with Crippen molar-refractivity contribution < 1.29 is 9.53 Å². The standard InChI is InChI=1S/C12H12BrClN2O2/c1-12(2,3)18-11(17)16-10-7(6-15-16)4-5-8(13)9(10)14/h4-6H,1-3H3. The number of aromatic nitrogens is 2. The van der Waals surface area contributed by atoms with Gasteiger partial charge in [-0.25, -0.2) is 4.79 Å². The number of carbonyl (C=O) groups is 1. The summed E-state index contributed by atoms with van der Waals surface area (Å²) in [4.78, 5) is 12.0. The van der Waals surface area contributed by atoms with E-state index in [9.17, 15) is 4.79 Å². The van der Waals surface area contributed by atoms with E-state index in [0.717, 1.165) is 5.39 Å². The van der Waals surface area contributed by atoms with E-state index in [1.165, 1.54) is 4.68 Å². The smallest absolute Gasteiger partial charge is 0.435 e. The van der Waals surface area contributed by atoms with Crippen molar-refractivity contribution in [3.05, 3.63) is 27.8 Å². The number of hydrogen-bond donors (Lipinski definition) is 0. The van der Waals surface area contributed by atoms with E-state index in [2.05, 4.69) is 21.0 Å². The minimum absolute atomic E-state index is 0.441. The molecule has 6 heteroatoms. The predicted molar refractivity (Wildman–Crippen MR) is 74.1 cm³/mol. The summed E-state index contributed by atoms with van der Waals surface area (Å²) in [5.74, 6) is 0.